The van der Waals surface area contributed by atoms with Crippen molar-refractivity contribution in [3.05, 3.63) is 95.8 Å². The second kappa shape index (κ2) is 6.53. The molecule has 0 unspecified atom stereocenters. The third kappa shape index (κ3) is 2.81. The number of hydrogen-bond acceptors (Lipinski definition) is 3. The van der Waals surface area contributed by atoms with Gasteiger partial charge in [0.15, 0.2) is 0 Å². The number of carbonyl (C=O) groups excluding carboxylic acids is 1. The van der Waals surface area contributed by atoms with E-state index in [4.69, 9.17) is 0 Å². The molecule has 0 aliphatic carbocycles. The van der Waals surface area contributed by atoms with Crippen LogP contribution in [0.15, 0.2) is 73.2 Å². The van der Waals surface area contributed by atoms with E-state index >= 15 is 0 Å². The van der Waals surface area contributed by atoms with Gasteiger partial charge < -0.3 is 4.90 Å². The first kappa shape index (κ1) is 16.6. The molecule has 0 fully saturated rings. The molecule has 0 atom stereocenters. The third-order valence-corrected chi connectivity index (χ3v) is 5.14. The van der Waals surface area contributed by atoms with Gasteiger partial charge in [0, 0.05) is 36.1 Å². The molecule has 0 saturated carbocycles. The molecule has 0 radical (unpaired) electrons. The van der Waals surface area contributed by atoms with Crippen LogP contribution in [0.25, 0.3) is 21.9 Å². The fourth-order valence-electron chi connectivity index (χ4n) is 3.63. The van der Waals surface area contributed by atoms with E-state index in [1.807, 2.05) is 36.5 Å². The summed E-state index contributed by atoms with van der Waals surface area (Å²) in [6, 6.07) is 16.6. The molecular formula is C23H16FN3O. The van der Waals surface area contributed by atoms with E-state index in [0.717, 1.165) is 27.6 Å². The van der Waals surface area contributed by atoms with Crippen LogP contribution in [0.1, 0.15) is 21.6 Å². The summed E-state index contributed by atoms with van der Waals surface area (Å²) >= 11 is 0. The highest BCUT2D eigenvalue weighted by Crippen LogP contribution is 2.28. The molecule has 1 amide bonds. The minimum absolute atomic E-state index is 0.102. The Kier molecular flexibility index (Phi) is 3.86. The van der Waals surface area contributed by atoms with Crippen LogP contribution in [0.2, 0.25) is 0 Å². The van der Waals surface area contributed by atoms with Crippen molar-refractivity contribution in [3.8, 4) is 11.1 Å². The summed E-state index contributed by atoms with van der Waals surface area (Å²) in [6.45, 7) is 0.638. The first-order chi connectivity index (χ1) is 13.7. The van der Waals surface area contributed by atoms with Gasteiger partial charge in [-0.25, -0.2) is 4.39 Å². The van der Waals surface area contributed by atoms with Crippen molar-refractivity contribution in [3.63, 3.8) is 0 Å². The zero-order chi connectivity index (χ0) is 19.1. The van der Waals surface area contributed by atoms with Gasteiger partial charge >= 0.3 is 0 Å². The lowest BCUT2D eigenvalue weighted by Crippen LogP contribution is -2.23. The molecule has 5 rings (SSSR count). The maximum Gasteiger partial charge on any atom is 0.256 e. The lowest BCUT2D eigenvalue weighted by atomic mass is 10.0. The Morgan fingerprint density at radius 3 is 2.68 bits per heavy atom. The van der Waals surface area contributed by atoms with Crippen LogP contribution in [0, 0.1) is 5.82 Å². The summed E-state index contributed by atoms with van der Waals surface area (Å²) < 4.78 is 14.8. The summed E-state index contributed by atoms with van der Waals surface area (Å²) in [7, 11) is 0. The van der Waals surface area contributed by atoms with E-state index in [1.165, 1.54) is 6.07 Å². The van der Waals surface area contributed by atoms with Crippen LogP contribution < -0.4 is 0 Å². The van der Waals surface area contributed by atoms with Crippen molar-refractivity contribution in [2.75, 3.05) is 0 Å². The minimum atomic E-state index is -0.316. The molecule has 136 valence electrons. The molecule has 3 heterocycles. The van der Waals surface area contributed by atoms with Crippen molar-refractivity contribution in [2.24, 2.45) is 0 Å². The van der Waals surface area contributed by atoms with E-state index in [2.05, 4.69) is 9.97 Å². The second-order valence-electron chi connectivity index (χ2n) is 6.90. The van der Waals surface area contributed by atoms with Gasteiger partial charge in [-0.15, -0.1) is 0 Å². The van der Waals surface area contributed by atoms with Gasteiger partial charge in [-0.05, 0) is 46.8 Å². The SMILES string of the molecule is O=C1c2cccnc2CN1Cc1ccc(-c2ccc3cnccc3c2)cc1F. The quantitative estimate of drug-likeness (QED) is 0.531. The smallest absolute Gasteiger partial charge is 0.256 e. The van der Waals surface area contributed by atoms with Gasteiger partial charge in [0.05, 0.1) is 17.8 Å². The Labute approximate surface area is 161 Å². The highest BCUT2D eigenvalue weighted by molar-refractivity contribution is 5.97. The zero-order valence-electron chi connectivity index (χ0n) is 15.0. The monoisotopic (exact) mass is 369 g/mol. The predicted molar refractivity (Wildman–Crippen MR) is 105 cm³/mol. The highest BCUT2D eigenvalue weighted by atomic mass is 19.1. The van der Waals surface area contributed by atoms with Gasteiger partial charge in [0.1, 0.15) is 5.82 Å². The molecule has 28 heavy (non-hydrogen) atoms. The number of aromatic nitrogens is 2. The molecule has 0 bridgehead atoms. The summed E-state index contributed by atoms with van der Waals surface area (Å²) in [4.78, 5) is 22.5. The van der Waals surface area contributed by atoms with Crippen LogP contribution in [-0.4, -0.2) is 20.8 Å². The van der Waals surface area contributed by atoms with Gasteiger partial charge in [0.25, 0.3) is 5.91 Å². The Bertz CT molecular complexity index is 1220. The minimum Gasteiger partial charge on any atom is -0.328 e. The van der Waals surface area contributed by atoms with E-state index in [-0.39, 0.29) is 18.3 Å². The van der Waals surface area contributed by atoms with Gasteiger partial charge in [-0.3, -0.25) is 14.8 Å². The largest absolute Gasteiger partial charge is 0.328 e. The first-order valence-corrected chi connectivity index (χ1v) is 9.05. The van der Waals surface area contributed by atoms with Crippen molar-refractivity contribution in [1.29, 1.82) is 0 Å². The van der Waals surface area contributed by atoms with Crippen LogP contribution in [0.3, 0.4) is 0 Å². The molecular weight excluding hydrogens is 353 g/mol. The molecule has 1 aliphatic rings. The fraction of sp³-hybridized carbons (Fsp3) is 0.0870. The van der Waals surface area contributed by atoms with Gasteiger partial charge in [-0.1, -0.05) is 24.3 Å². The molecule has 0 N–H and O–H groups in total. The van der Waals surface area contributed by atoms with E-state index in [1.54, 1.807) is 35.5 Å². The summed E-state index contributed by atoms with van der Waals surface area (Å²) in [5.41, 5.74) is 3.59. The Balaban J connectivity index is 1.41. The topological polar surface area (TPSA) is 46.1 Å². The van der Waals surface area contributed by atoms with Crippen LogP contribution in [0.5, 0.6) is 0 Å². The number of fused-ring (bicyclic) bond motifs is 2. The zero-order valence-corrected chi connectivity index (χ0v) is 15.0. The van der Waals surface area contributed by atoms with E-state index in [0.29, 0.717) is 17.7 Å². The van der Waals surface area contributed by atoms with Crippen LogP contribution in [0.4, 0.5) is 4.39 Å². The summed E-state index contributed by atoms with van der Waals surface area (Å²) in [6.07, 6.45) is 5.23. The molecule has 5 heteroatoms. The molecule has 1 aliphatic heterocycles. The van der Waals surface area contributed by atoms with Crippen molar-refractivity contribution >= 4 is 16.7 Å². The number of rotatable bonds is 3. The van der Waals surface area contributed by atoms with Crippen molar-refractivity contribution in [2.45, 2.75) is 13.1 Å². The van der Waals surface area contributed by atoms with Gasteiger partial charge in [-0.2, -0.15) is 0 Å². The average molecular weight is 369 g/mol. The molecule has 2 aromatic carbocycles. The average Bonchev–Trinajstić information content (AvgIpc) is 3.05. The predicted octanol–water partition coefficient (Wildman–Crippen LogP) is 4.59. The lowest BCUT2D eigenvalue weighted by Gasteiger charge is -2.16. The van der Waals surface area contributed by atoms with Crippen molar-refractivity contribution < 1.29 is 9.18 Å². The Morgan fingerprint density at radius 1 is 0.964 bits per heavy atom. The van der Waals surface area contributed by atoms with Crippen molar-refractivity contribution in [1.82, 2.24) is 14.9 Å². The number of halogens is 1. The number of benzene rings is 2. The molecule has 4 aromatic rings. The molecule has 0 saturated heterocycles. The first-order valence-electron chi connectivity index (χ1n) is 9.05. The highest BCUT2D eigenvalue weighted by Gasteiger charge is 2.28. The summed E-state index contributed by atoms with van der Waals surface area (Å²) in [5.74, 6) is -0.418. The van der Waals surface area contributed by atoms with Gasteiger partial charge in [0.2, 0.25) is 0 Å². The Morgan fingerprint density at radius 2 is 1.82 bits per heavy atom. The molecule has 0 spiro atoms. The normalized spacial score (nSPS) is 13.2. The number of carbonyl (C=O) groups is 1. The Hall–Kier alpha value is -3.60. The number of hydrogen-bond donors (Lipinski definition) is 0. The number of nitrogens with zero attached hydrogens (tertiary/aromatic N) is 3. The fourth-order valence-corrected chi connectivity index (χ4v) is 3.63. The van der Waals surface area contributed by atoms with Crippen LogP contribution >= 0.6 is 0 Å². The number of amides is 1. The molecule has 4 nitrogen and oxygen atoms in total. The maximum atomic E-state index is 14.8. The van der Waals surface area contributed by atoms with E-state index < -0.39 is 0 Å². The standard InChI is InChI=1S/C23H16FN3O/c24-21-11-16(15-3-5-18-12-25-9-7-17(18)10-15)4-6-19(21)13-27-14-22-20(23(27)28)2-1-8-26-22/h1-12H,13-14H2. The van der Waals surface area contributed by atoms with E-state index in [9.17, 15) is 9.18 Å². The molecule has 2 aromatic heterocycles. The second-order valence-corrected chi connectivity index (χ2v) is 6.90. The maximum absolute atomic E-state index is 14.8. The summed E-state index contributed by atoms with van der Waals surface area (Å²) in [5, 5.41) is 2.11. The third-order valence-electron chi connectivity index (χ3n) is 5.14. The number of pyridine rings is 2. The van der Waals surface area contributed by atoms with Crippen LogP contribution in [-0.2, 0) is 13.1 Å². The lowest BCUT2D eigenvalue weighted by molar-refractivity contribution is 0.0765.